The van der Waals surface area contributed by atoms with Crippen molar-refractivity contribution in [1.29, 1.82) is 0 Å². The summed E-state index contributed by atoms with van der Waals surface area (Å²) in [5.74, 6) is -0.412. The Hall–Kier alpha value is -3.07. The van der Waals surface area contributed by atoms with Gasteiger partial charge in [-0.05, 0) is 42.5 Å². The first-order valence-electron chi connectivity index (χ1n) is 10.5. The number of carbonyl (C=O) groups is 1. The van der Waals surface area contributed by atoms with E-state index in [-0.39, 0.29) is 46.9 Å². The number of nitrogens with one attached hydrogen (secondary N) is 1. The van der Waals surface area contributed by atoms with Crippen LogP contribution in [-0.4, -0.2) is 42.0 Å². The van der Waals surface area contributed by atoms with Crippen molar-refractivity contribution in [2.24, 2.45) is 5.92 Å². The number of rotatable bonds is 8. The van der Waals surface area contributed by atoms with Crippen molar-refractivity contribution in [1.82, 2.24) is 14.7 Å². The molecule has 2 aliphatic rings. The zero-order chi connectivity index (χ0) is 22.4. The zero-order valence-corrected chi connectivity index (χ0v) is 17.4. The van der Waals surface area contributed by atoms with Crippen LogP contribution in [0.1, 0.15) is 41.1 Å². The van der Waals surface area contributed by atoms with Gasteiger partial charge in [-0.25, -0.2) is 9.37 Å². The van der Waals surface area contributed by atoms with Gasteiger partial charge in [0.25, 0.3) is 0 Å². The van der Waals surface area contributed by atoms with Crippen LogP contribution in [-0.2, 0) is 0 Å². The molecule has 0 amide bonds. The van der Waals surface area contributed by atoms with Crippen molar-refractivity contribution in [3.05, 3.63) is 47.5 Å². The monoisotopic (exact) mass is 445 g/mol. The van der Waals surface area contributed by atoms with Gasteiger partial charge in [0.1, 0.15) is 28.5 Å². The highest BCUT2D eigenvalue weighted by molar-refractivity contribution is 6.02. The van der Waals surface area contributed by atoms with Crippen LogP contribution in [0.25, 0.3) is 16.9 Å². The lowest BCUT2D eigenvalue weighted by atomic mass is 9.94. The summed E-state index contributed by atoms with van der Waals surface area (Å²) in [6, 6.07) is 4.63. The first-order chi connectivity index (χ1) is 15.4. The van der Waals surface area contributed by atoms with Crippen molar-refractivity contribution in [2.75, 3.05) is 20.2 Å². The number of hydrogen-bond donors (Lipinski definition) is 1. The summed E-state index contributed by atoms with van der Waals surface area (Å²) in [4.78, 5) is 17.2. The van der Waals surface area contributed by atoms with E-state index in [0.717, 1.165) is 12.8 Å². The normalized spacial score (nSPS) is 16.4. The smallest absolute Gasteiger partial charge is 0.387 e. The number of carbonyl (C=O) groups excluding carboxylic acids is 1. The molecule has 5 rings (SSSR count). The van der Waals surface area contributed by atoms with Gasteiger partial charge >= 0.3 is 6.61 Å². The molecule has 1 aromatic carbocycles. The summed E-state index contributed by atoms with van der Waals surface area (Å²) in [6.45, 7) is -1.69. The summed E-state index contributed by atoms with van der Waals surface area (Å²) < 4.78 is 52.8. The number of pyridine rings is 1. The van der Waals surface area contributed by atoms with Gasteiger partial charge < -0.3 is 14.8 Å². The predicted octanol–water partition coefficient (Wildman–Crippen LogP) is 4.42. The van der Waals surface area contributed by atoms with Crippen LogP contribution in [0.2, 0.25) is 0 Å². The van der Waals surface area contributed by atoms with Gasteiger partial charge in [-0.3, -0.25) is 9.20 Å². The summed E-state index contributed by atoms with van der Waals surface area (Å²) in [7, 11) is 1.37. The van der Waals surface area contributed by atoms with Crippen molar-refractivity contribution >= 4 is 11.4 Å². The fourth-order valence-corrected chi connectivity index (χ4v) is 4.10. The van der Waals surface area contributed by atoms with Crippen LogP contribution in [0.15, 0.2) is 30.6 Å². The first-order valence-corrected chi connectivity index (χ1v) is 10.5. The number of methoxy groups -OCH3 is 1. The highest BCUT2D eigenvalue weighted by atomic mass is 19.3. The van der Waals surface area contributed by atoms with Gasteiger partial charge in [0.15, 0.2) is 5.78 Å². The van der Waals surface area contributed by atoms with Crippen LogP contribution in [0.4, 0.5) is 13.2 Å². The van der Waals surface area contributed by atoms with Gasteiger partial charge in [-0.15, -0.1) is 0 Å². The summed E-state index contributed by atoms with van der Waals surface area (Å²) in [6.07, 6.45) is 5.03. The molecule has 0 atom stereocenters. The highest BCUT2D eigenvalue weighted by Gasteiger charge is 2.30. The van der Waals surface area contributed by atoms with Crippen molar-refractivity contribution in [3.63, 3.8) is 0 Å². The number of halogens is 3. The first kappa shape index (κ1) is 20.8. The molecule has 1 N–H and O–H groups in total. The second-order valence-electron chi connectivity index (χ2n) is 8.30. The minimum absolute atomic E-state index is 0.00298. The minimum Gasteiger partial charge on any atom is -0.496 e. The van der Waals surface area contributed by atoms with E-state index in [1.165, 1.54) is 25.6 Å². The molecule has 0 bridgehead atoms. The number of benzene rings is 1. The van der Waals surface area contributed by atoms with Crippen LogP contribution < -0.4 is 14.8 Å². The number of hydrogen-bond acceptors (Lipinski definition) is 5. The molecule has 1 saturated carbocycles. The van der Waals surface area contributed by atoms with E-state index in [2.05, 4.69) is 10.3 Å². The SMILES string of the molecule is COc1cc(-c2cnc3cc(C4CNC4)c(F)cn23)cc(OC(F)F)c1C(=O)CC1CC1. The van der Waals surface area contributed by atoms with Crippen LogP contribution >= 0.6 is 0 Å². The Labute approximate surface area is 182 Å². The average molecular weight is 445 g/mol. The van der Waals surface area contributed by atoms with E-state index < -0.39 is 6.61 Å². The number of ether oxygens (including phenoxy) is 2. The molecule has 168 valence electrons. The maximum absolute atomic E-state index is 14.8. The van der Waals surface area contributed by atoms with Gasteiger partial charge in [0.2, 0.25) is 0 Å². The molecular formula is C23H22F3N3O3. The fourth-order valence-electron chi connectivity index (χ4n) is 4.10. The molecule has 3 heterocycles. The molecule has 3 aromatic rings. The Kier molecular flexibility index (Phi) is 5.28. The van der Waals surface area contributed by atoms with Crippen molar-refractivity contribution in [2.45, 2.75) is 31.8 Å². The van der Waals surface area contributed by atoms with E-state index in [1.807, 2.05) is 0 Å². The third kappa shape index (κ3) is 3.81. The maximum Gasteiger partial charge on any atom is 0.387 e. The Morgan fingerprint density at radius 3 is 2.62 bits per heavy atom. The quantitative estimate of drug-likeness (QED) is 0.520. The summed E-state index contributed by atoms with van der Waals surface area (Å²) >= 11 is 0. The van der Waals surface area contributed by atoms with Crippen molar-refractivity contribution < 1.29 is 27.4 Å². The van der Waals surface area contributed by atoms with E-state index in [9.17, 15) is 18.0 Å². The number of Topliss-reactive ketones (excluding diaryl/α,β-unsaturated/α-hetero) is 1. The van der Waals surface area contributed by atoms with Gasteiger partial charge in [0, 0.05) is 37.2 Å². The maximum atomic E-state index is 14.8. The molecule has 0 unspecified atom stereocenters. The topological polar surface area (TPSA) is 64.9 Å². The minimum atomic E-state index is -3.11. The average Bonchev–Trinajstić information content (AvgIpc) is 3.43. The lowest BCUT2D eigenvalue weighted by Gasteiger charge is -2.27. The number of aromatic nitrogens is 2. The second kappa shape index (κ2) is 8.12. The molecule has 1 saturated heterocycles. The van der Waals surface area contributed by atoms with Gasteiger partial charge in [0.05, 0.1) is 19.0 Å². The van der Waals surface area contributed by atoms with Crippen molar-refractivity contribution in [3.8, 4) is 22.8 Å². The molecule has 32 heavy (non-hydrogen) atoms. The molecule has 1 aliphatic carbocycles. The molecule has 2 fully saturated rings. The van der Waals surface area contributed by atoms with Crippen LogP contribution in [0.3, 0.4) is 0 Å². The zero-order valence-electron chi connectivity index (χ0n) is 17.4. The lowest BCUT2D eigenvalue weighted by molar-refractivity contribution is -0.0502. The third-order valence-corrected chi connectivity index (χ3v) is 6.10. The Morgan fingerprint density at radius 2 is 2.00 bits per heavy atom. The molecular weight excluding hydrogens is 423 g/mol. The molecule has 0 spiro atoms. The number of nitrogens with zero attached hydrogens (tertiary/aromatic N) is 2. The van der Waals surface area contributed by atoms with E-state index in [4.69, 9.17) is 9.47 Å². The highest BCUT2D eigenvalue weighted by Crippen LogP contribution is 2.40. The van der Waals surface area contributed by atoms with E-state index >= 15 is 0 Å². The second-order valence-corrected chi connectivity index (χ2v) is 8.30. The lowest BCUT2D eigenvalue weighted by Crippen LogP contribution is -2.40. The number of fused-ring (bicyclic) bond motifs is 1. The Morgan fingerprint density at radius 1 is 1.25 bits per heavy atom. The molecule has 1 aliphatic heterocycles. The van der Waals surface area contributed by atoms with E-state index in [1.54, 1.807) is 16.5 Å². The third-order valence-electron chi connectivity index (χ3n) is 6.10. The molecule has 6 nitrogen and oxygen atoms in total. The molecule has 2 aromatic heterocycles. The molecule has 9 heteroatoms. The standard InChI is InChI=1S/C23H22F3N3O3/c1-31-19-5-13(6-20(32-23(25)26)22(19)18(30)4-12-2-3-12)17-10-28-21-7-15(14-8-27-9-14)16(24)11-29(17)21/h5-7,10-12,14,23,27H,2-4,8-9H2,1H3. The fraction of sp³-hybridized carbons (Fsp3) is 0.391. The van der Waals surface area contributed by atoms with Crippen LogP contribution in [0.5, 0.6) is 11.5 Å². The van der Waals surface area contributed by atoms with Gasteiger partial charge in [-0.2, -0.15) is 8.78 Å². The van der Waals surface area contributed by atoms with E-state index in [0.29, 0.717) is 35.6 Å². The van der Waals surface area contributed by atoms with Gasteiger partial charge in [-0.1, -0.05) is 0 Å². The number of imidazole rings is 1. The molecule has 0 radical (unpaired) electrons. The largest absolute Gasteiger partial charge is 0.496 e. The number of alkyl halides is 2. The Bertz CT molecular complexity index is 1190. The summed E-state index contributed by atoms with van der Waals surface area (Å²) in [5.41, 5.74) is 2.02. The Balaban J connectivity index is 1.60. The number of ketones is 1. The predicted molar refractivity (Wildman–Crippen MR) is 111 cm³/mol. The van der Waals surface area contributed by atoms with Crippen LogP contribution in [0, 0.1) is 11.7 Å². The summed E-state index contributed by atoms with van der Waals surface area (Å²) in [5, 5.41) is 3.12.